The highest BCUT2D eigenvalue weighted by molar-refractivity contribution is 7.84. The number of rotatable bonds is 7. The molecule has 0 saturated carbocycles. The Morgan fingerprint density at radius 1 is 1.43 bits per heavy atom. The van der Waals surface area contributed by atoms with Crippen molar-refractivity contribution in [1.29, 1.82) is 0 Å². The average Bonchev–Trinajstić information content (AvgIpc) is 2.45. The fourth-order valence-corrected chi connectivity index (χ4v) is 2.29. The third-order valence-electron chi connectivity index (χ3n) is 2.81. The van der Waals surface area contributed by atoms with E-state index in [1.54, 1.807) is 14.1 Å². The van der Waals surface area contributed by atoms with Gasteiger partial charge in [0.25, 0.3) is 11.6 Å². The summed E-state index contributed by atoms with van der Waals surface area (Å²) in [6.45, 7) is 2.16. The third kappa shape index (κ3) is 4.82. The van der Waals surface area contributed by atoms with E-state index < -0.39 is 15.7 Å². The molecule has 0 heterocycles. The van der Waals surface area contributed by atoms with Crippen LogP contribution in [0.4, 0.5) is 11.4 Å². The van der Waals surface area contributed by atoms with Crippen molar-refractivity contribution in [2.45, 2.75) is 6.92 Å². The van der Waals surface area contributed by atoms with E-state index in [-0.39, 0.29) is 17.3 Å². The van der Waals surface area contributed by atoms with Gasteiger partial charge in [0.1, 0.15) is 5.69 Å². The molecule has 1 aromatic rings. The Kier molecular flexibility index (Phi) is 6.29. The highest BCUT2D eigenvalue weighted by Gasteiger charge is 2.17. The number of carbonyl (C=O) groups is 1. The van der Waals surface area contributed by atoms with Crippen molar-refractivity contribution in [1.82, 2.24) is 4.90 Å². The van der Waals surface area contributed by atoms with Crippen molar-refractivity contribution in [2.24, 2.45) is 0 Å². The van der Waals surface area contributed by atoms with Gasteiger partial charge in [-0.15, -0.1) is 0 Å². The zero-order valence-corrected chi connectivity index (χ0v) is 13.1. The Morgan fingerprint density at radius 3 is 2.62 bits per heavy atom. The first kappa shape index (κ1) is 17.1. The molecule has 1 unspecified atom stereocenters. The summed E-state index contributed by atoms with van der Waals surface area (Å²) in [5.74, 6) is 0.715. The lowest BCUT2D eigenvalue weighted by molar-refractivity contribution is -0.384. The van der Waals surface area contributed by atoms with Crippen molar-refractivity contribution in [3.05, 3.63) is 33.9 Å². The molecule has 0 aromatic heterocycles. The van der Waals surface area contributed by atoms with E-state index in [1.165, 1.54) is 23.1 Å². The molecular weight excluding hydrogens is 294 g/mol. The molecule has 0 aliphatic rings. The summed E-state index contributed by atoms with van der Waals surface area (Å²) in [4.78, 5) is 23.8. The standard InChI is InChI=1S/C13H19N3O4S/c1-4-21(20)8-7-14-11-9-10(13(17)15(2)3)5-6-12(11)16(18)19/h5-6,9,14H,4,7-8H2,1-3H3. The smallest absolute Gasteiger partial charge is 0.292 e. The van der Waals surface area contributed by atoms with Crippen molar-refractivity contribution in [3.8, 4) is 0 Å². The Morgan fingerprint density at radius 2 is 2.10 bits per heavy atom. The minimum atomic E-state index is -0.947. The van der Waals surface area contributed by atoms with E-state index in [9.17, 15) is 19.1 Å². The molecule has 116 valence electrons. The monoisotopic (exact) mass is 313 g/mol. The fourth-order valence-electron chi connectivity index (χ4n) is 1.67. The molecule has 0 saturated heterocycles. The predicted octanol–water partition coefficient (Wildman–Crippen LogP) is 1.48. The molecule has 21 heavy (non-hydrogen) atoms. The average molecular weight is 313 g/mol. The van der Waals surface area contributed by atoms with Gasteiger partial charge >= 0.3 is 0 Å². The largest absolute Gasteiger partial charge is 0.379 e. The lowest BCUT2D eigenvalue weighted by Crippen LogP contribution is -2.22. The van der Waals surface area contributed by atoms with E-state index in [2.05, 4.69) is 5.32 Å². The molecule has 1 N–H and O–H groups in total. The molecule has 1 rings (SSSR count). The second-order valence-corrected chi connectivity index (χ2v) is 6.41. The van der Waals surface area contributed by atoms with Gasteiger partial charge in [-0.1, -0.05) is 6.92 Å². The summed E-state index contributed by atoms with van der Waals surface area (Å²) in [5, 5.41) is 13.9. The van der Waals surface area contributed by atoms with E-state index in [1.807, 2.05) is 6.92 Å². The first-order chi connectivity index (χ1) is 9.86. The number of nitro groups is 1. The first-order valence-corrected chi connectivity index (χ1v) is 7.94. The second-order valence-electron chi connectivity index (χ2n) is 4.55. The Balaban J connectivity index is 2.96. The van der Waals surface area contributed by atoms with Gasteiger partial charge in [0.15, 0.2) is 0 Å². The van der Waals surface area contributed by atoms with Gasteiger partial charge in [-0.3, -0.25) is 19.1 Å². The maximum atomic E-state index is 11.9. The van der Waals surface area contributed by atoms with Crippen molar-refractivity contribution < 1.29 is 13.9 Å². The normalized spacial score (nSPS) is 11.8. The molecule has 1 atom stereocenters. The zero-order chi connectivity index (χ0) is 16.0. The molecule has 0 aliphatic heterocycles. The number of hydrogen-bond donors (Lipinski definition) is 1. The minimum absolute atomic E-state index is 0.104. The quantitative estimate of drug-likeness (QED) is 0.608. The number of amides is 1. The van der Waals surface area contributed by atoms with Gasteiger partial charge in [0, 0.05) is 54.6 Å². The Bertz CT molecular complexity index is 560. The molecule has 0 bridgehead atoms. The van der Waals surface area contributed by atoms with Crippen molar-refractivity contribution in [3.63, 3.8) is 0 Å². The summed E-state index contributed by atoms with van der Waals surface area (Å²) >= 11 is 0. The summed E-state index contributed by atoms with van der Waals surface area (Å²) in [6.07, 6.45) is 0. The number of nitro benzene ring substituents is 1. The number of anilines is 1. The van der Waals surface area contributed by atoms with Gasteiger partial charge in [0.05, 0.1) is 4.92 Å². The summed E-state index contributed by atoms with van der Waals surface area (Å²) in [5.41, 5.74) is 0.526. The second kappa shape index (κ2) is 7.72. The SMILES string of the molecule is CCS(=O)CCNc1cc(C(=O)N(C)C)ccc1[N+](=O)[O-]. The number of carbonyl (C=O) groups excluding carboxylic acids is 1. The minimum Gasteiger partial charge on any atom is -0.379 e. The number of hydrogen-bond acceptors (Lipinski definition) is 5. The van der Waals surface area contributed by atoms with Crippen molar-refractivity contribution >= 4 is 28.1 Å². The van der Waals surface area contributed by atoms with Crippen LogP contribution in [-0.2, 0) is 10.8 Å². The van der Waals surface area contributed by atoms with Crippen LogP contribution in [0, 0.1) is 10.1 Å². The maximum absolute atomic E-state index is 11.9. The molecule has 1 amide bonds. The van der Waals surface area contributed by atoms with Crippen LogP contribution in [0.5, 0.6) is 0 Å². The van der Waals surface area contributed by atoms with Gasteiger partial charge < -0.3 is 10.2 Å². The van der Waals surface area contributed by atoms with Crippen LogP contribution in [0.1, 0.15) is 17.3 Å². The molecular formula is C13H19N3O4S. The lowest BCUT2D eigenvalue weighted by Gasteiger charge is -2.12. The van der Waals surface area contributed by atoms with Gasteiger partial charge in [-0.25, -0.2) is 0 Å². The molecule has 0 fully saturated rings. The molecule has 1 aromatic carbocycles. The van der Waals surface area contributed by atoms with E-state index >= 15 is 0 Å². The van der Waals surface area contributed by atoms with Crippen LogP contribution in [0.25, 0.3) is 0 Å². The van der Waals surface area contributed by atoms with Crippen LogP contribution in [0.15, 0.2) is 18.2 Å². The van der Waals surface area contributed by atoms with Crippen LogP contribution in [0.2, 0.25) is 0 Å². The maximum Gasteiger partial charge on any atom is 0.292 e. The molecule has 8 heteroatoms. The number of nitrogens with zero attached hydrogens (tertiary/aromatic N) is 2. The fraction of sp³-hybridized carbons (Fsp3) is 0.462. The van der Waals surface area contributed by atoms with E-state index in [4.69, 9.17) is 0 Å². The summed E-state index contributed by atoms with van der Waals surface area (Å²) in [6, 6.07) is 4.18. The lowest BCUT2D eigenvalue weighted by atomic mass is 10.1. The number of benzene rings is 1. The zero-order valence-electron chi connectivity index (χ0n) is 12.3. The molecule has 0 aliphatic carbocycles. The highest BCUT2D eigenvalue weighted by Crippen LogP contribution is 2.25. The first-order valence-electron chi connectivity index (χ1n) is 6.45. The van der Waals surface area contributed by atoms with E-state index in [0.717, 1.165) is 0 Å². The third-order valence-corrected chi connectivity index (χ3v) is 4.12. The van der Waals surface area contributed by atoms with E-state index in [0.29, 0.717) is 23.6 Å². The van der Waals surface area contributed by atoms with Crippen LogP contribution < -0.4 is 5.32 Å². The summed E-state index contributed by atoms with van der Waals surface area (Å²) in [7, 11) is 2.28. The van der Waals surface area contributed by atoms with Crippen LogP contribution >= 0.6 is 0 Å². The highest BCUT2D eigenvalue weighted by atomic mass is 32.2. The molecule has 0 spiro atoms. The summed E-state index contributed by atoms with van der Waals surface area (Å²) < 4.78 is 11.4. The van der Waals surface area contributed by atoms with Crippen molar-refractivity contribution in [2.75, 3.05) is 37.5 Å². The Hall–Kier alpha value is -1.96. The Labute approximate surface area is 125 Å². The number of nitrogens with one attached hydrogen (secondary N) is 1. The molecule has 0 radical (unpaired) electrons. The van der Waals surface area contributed by atoms with Gasteiger partial charge in [-0.05, 0) is 12.1 Å². The van der Waals surface area contributed by atoms with Crippen LogP contribution in [0.3, 0.4) is 0 Å². The van der Waals surface area contributed by atoms with Gasteiger partial charge in [0.2, 0.25) is 0 Å². The van der Waals surface area contributed by atoms with Crippen LogP contribution in [-0.4, -0.2) is 52.1 Å². The topological polar surface area (TPSA) is 92.6 Å². The molecule has 7 nitrogen and oxygen atoms in total. The predicted molar refractivity (Wildman–Crippen MR) is 83.2 cm³/mol. The van der Waals surface area contributed by atoms with Gasteiger partial charge in [-0.2, -0.15) is 0 Å².